The average Bonchev–Trinajstić information content (AvgIpc) is 2.30. The number of hydrogen-bond donors (Lipinski definition) is 1. The van der Waals surface area contributed by atoms with Crippen LogP contribution in [0.5, 0.6) is 0 Å². The number of rotatable bonds is 3. The monoisotopic (exact) mass is 284 g/mol. The molecule has 0 saturated heterocycles. The van der Waals surface area contributed by atoms with Crippen LogP contribution in [0.4, 0.5) is 0 Å². The van der Waals surface area contributed by atoms with Crippen molar-refractivity contribution in [1.82, 2.24) is 0 Å². The van der Waals surface area contributed by atoms with Gasteiger partial charge in [-0.3, -0.25) is 0 Å². The first-order chi connectivity index (χ1) is 5.90. The Bertz CT molecular complexity index is 382. The quantitative estimate of drug-likeness (QED) is 0.917. The molecular formula is C7H9BrO3S2. The van der Waals surface area contributed by atoms with Crippen LogP contribution in [0.1, 0.15) is 11.0 Å². The predicted octanol–water partition coefficient (Wildman–Crippen LogP) is 1.59. The fourth-order valence-electron chi connectivity index (χ4n) is 0.906. The van der Waals surface area contributed by atoms with Gasteiger partial charge in [0.1, 0.15) is 15.9 Å². The van der Waals surface area contributed by atoms with Gasteiger partial charge in [0.25, 0.3) is 0 Å². The molecular weight excluding hydrogens is 276 g/mol. The molecule has 0 aromatic carbocycles. The van der Waals surface area contributed by atoms with Crippen molar-refractivity contribution in [1.29, 1.82) is 0 Å². The standard InChI is InChI=1S/C7H9BrO3S2/c1-13(10,11)4-6(9)7-5(8)2-3-12-7/h2-3,6,9H,4H2,1H3. The molecule has 0 bridgehead atoms. The van der Waals surface area contributed by atoms with E-state index in [1.165, 1.54) is 11.3 Å². The fraction of sp³-hybridized carbons (Fsp3) is 0.429. The van der Waals surface area contributed by atoms with Crippen LogP contribution in [0.2, 0.25) is 0 Å². The van der Waals surface area contributed by atoms with E-state index in [0.29, 0.717) is 4.88 Å². The summed E-state index contributed by atoms with van der Waals surface area (Å²) in [5.74, 6) is -0.230. The van der Waals surface area contributed by atoms with Crippen molar-refractivity contribution in [3.05, 3.63) is 20.8 Å². The van der Waals surface area contributed by atoms with Gasteiger partial charge in [-0.15, -0.1) is 11.3 Å². The van der Waals surface area contributed by atoms with E-state index in [9.17, 15) is 13.5 Å². The smallest absolute Gasteiger partial charge is 0.150 e. The molecule has 3 nitrogen and oxygen atoms in total. The highest BCUT2D eigenvalue weighted by molar-refractivity contribution is 9.10. The number of hydrogen-bond acceptors (Lipinski definition) is 4. The maximum Gasteiger partial charge on any atom is 0.150 e. The second kappa shape index (κ2) is 4.08. The largest absolute Gasteiger partial charge is 0.386 e. The molecule has 0 amide bonds. The highest BCUT2D eigenvalue weighted by Crippen LogP contribution is 2.29. The summed E-state index contributed by atoms with van der Waals surface area (Å²) in [6, 6.07) is 1.78. The molecule has 0 fully saturated rings. The Balaban J connectivity index is 2.81. The van der Waals surface area contributed by atoms with Crippen molar-refractivity contribution in [2.75, 3.05) is 12.0 Å². The normalized spacial score (nSPS) is 14.4. The Morgan fingerprint density at radius 1 is 1.69 bits per heavy atom. The summed E-state index contributed by atoms with van der Waals surface area (Å²) in [5, 5.41) is 11.3. The molecule has 1 rings (SSSR count). The van der Waals surface area contributed by atoms with Crippen molar-refractivity contribution < 1.29 is 13.5 Å². The van der Waals surface area contributed by atoms with Gasteiger partial charge in [0.15, 0.2) is 0 Å². The second-order valence-electron chi connectivity index (χ2n) is 2.74. The first kappa shape index (κ1) is 11.2. The van der Waals surface area contributed by atoms with Crippen LogP contribution in [0, 0.1) is 0 Å². The topological polar surface area (TPSA) is 54.4 Å². The molecule has 0 aliphatic heterocycles. The number of aliphatic hydroxyl groups excluding tert-OH is 1. The van der Waals surface area contributed by atoms with Crippen molar-refractivity contribution in [2.24, 2.45) is 0 Å². The van der Waals surface area contributed by atoms with Gasteiger partial charge < -0.3 is 5.11 Å². The van der Waals surface area contributed by atoms with E-state index < -0.39 is 15.9 Å². The van der Waals surface area contributed by atoms with Gasteiger partial charge in [0, 0.05) is 15.6 Å². The van der Waals surface area contributed by atoms with Crippen LogP contribution in [0.15, 0.2) is 15.9 Å². The van der Waals surface area contributed by atoms with Gasteiger partial charge in [-0.25, -0.2) is 8.42 Å². The first-order valence-corrected chi connectivity index (χ1v) is 7.22. The average molecular weight is 285 g/mol. The molecule has 74 valence electrons. The molecule has 0 aliphatic carbocycles. The van der Waals surface area contributed by atoms with Gasteiger partial charge in [0.05, 0.1) is 5.75 Å². The van der Waals surface area contributed by atoms with Crippen LogP contribution < -0.4 is 0 Å². The first-order valence-electron chi connectivity index (χ1n) is 3.49. The van der Waals surface area contributed by atoms with Gasteiger partial charge >= 0.3 is 0 Å². The minimum absolute atomic E-state index is 0.230. The lowest BCUT2D eigenvalue weighted by atomic mass is 10.3. The van der Waals surface area contributed by atoms with Crippen LogP contribution >= 0.6 is 27.3 Å². The van der Waals surface area contributed by atoms with Crippen molar-refractivity contribution >= 4 is 37.1 Å². The SMILES string of the molecule is CS(=O)(=O)CC(O)c1sccc1Br. The molecule has 1 aromatic heterocycles. The number of sulfone groups is 1. The Kier molecular flexibility index (Phi) is 3.50. The van der Waals surface area contributed by atoms with Gasteiger partial charge in [0.2, 0.25) is 0 Å². The molecule has 13 heavy (non-hydrogen) atoms. The van der Waals surface area contributed by atoms with E-state index in [0.717, 1.165) is 10.7 Å². The van der Waals surface area contributed by atoms with Crippen LogP contribution in [0.25, 0.3) is 0 Å². The summed E-state index contributed by atoms with van der Waals surface area (Å²) >= 11 is 4.57. The van der Waals surface area contributed by atoms with E-state index in [1.54, 1.807) is 11.4 Å². The van der Waals surface area contributed by atoms with E-state index in [-0.39, 0.29) is 5.75 Å². The highest BCUT2D eigenvalue weighted by Gasteiger charge is 2.17. The van der Waals surface area contributed by atoms with Crippen molar-refractivity contribution in [3.63, 3.8) is 0 Å². The number of thiophene rings is 1. The van der Waals surface area contributed by atoms with Crippen LogP contribution in [0.3, 0.4) is 0 Å². The Hall–Kier alpha value is 0.0900. The summed E-state index contributed by atoms with van der Waals surface area (Å²) in [5.41, 5.74) is 0. The summed E-state index contributed by atoms with van der Waals surface area (Å²) in [4.78, 5) is 0.658. The summed E-state index contributed by atoms with van der Waals surface area (Å²) in [6.45, 7) is 0. The van der Waals surface area contributed by atoms with Gasteiger partial charge in [-0.1, -0.05) is 0 Å². The summed E-state index contributed by atoms with van der Waals surface area (Å²) < 4.78 is 22.5. The van der Waals surface area contributed by atoms with Crippen molar-refractivity contribution in [2.45, 2.75) is 6.10 Å². The molecule has 1 heterocycles. The van der Waals surface area contributed by atoms with Crippen molar-refractivity contribution in [3.8, 4) is 0 Å². The van der Waals surface area contributed by atoms with Gasteiger partial charge in [-0.2, -0.15) is 0 Å². The molecule has 1 atom stereocenters. The predicted molar refractivity (Wildman–Crippen MR) is 56.7 cm³/mol. The zero-order valence-electron chi connectivity index (χ0n) is 6.90. The molecule has 6 heteroatoms. The van der Waals surface area contributed by atoms with E-state index in [2.05, 4.69) is 15.9 Å². The molecule has 1 unspecified atom stereocenters. The molecule has 0 spiro atoms. The molecule has 0 radical (unpaired) electrons. The van der Waals surface area contributed by atoms with Crippen LogP contribution in [-0.2, 0) is 9.84 Å². The summed E-state index contributed by atoms with van der Waals surface area (Å²) in [7, 11) is -3.13. The minimum atomic E-state index is -3.13. The Labute approximate surface area is 89.5 Å². The summed E-state index contributed by atoms with van der Waals surface area (Å²) in [6.07, 6.45) is 0.182. The fourth-order valence-corrected chi connectivity index (χ4v) is 3.37. The third-order valence-electron chi connectivity index (χ3n) is 1.41. The maximum absolute atomic E-state index is 10.9. The zero-order chi connectivity index (χ0) is 10.1. The maximum atomic E-state index is 10.9. The third kappa shape index (κ3) is 3.38. The molecule has 0 saturated carbocycles. The van der Waals surface area contributed by atoms with E-state index in [4.69, 9.17) is 0 Å². The van der Waals surface area contributed by atoms with E-state index >= 15 is 0 Å². The van der Waals surface area contributed by atoms with Crippen LogP contribution in [-0.4, -0.2) is 25.5 Å². The molecule has 1 aromatic rings. The van der Waals surface area contributed by atoms with Gasteiger partial charge in [-0.05, 0) is 27.4 Å². The second-order valence-corrected chi connectivity index (χ2v) is 6.73. The number of halogens is 1. The third-order valence-corrected chi connectivity index (χ3v) is 4.30. The highest BCUT2D eigenvalue weighted by atomic mass is 79.9. The lowest BCUT2D eigenvalue weighted by molar-refractivity contribution is 0.205. The number of aliphatic hydroxyl groups is 1. The van der Waals surface area contributed by atoms with E-state index in [1.807, 2.05) is 0 Å². The molecule has 0 aliphatic rings. The Morgan fingerprint density at radius 3 is 2.69 bits per heavy atom. The lowest BCUT2D eigenvalue weighted by Gasteiger charge is -2.07. The lowest BCUT2D eigenvalue weighted by Crippen LogP contribution is -2.11. The molecule has 1 N–H and O–H groups in total. The Morgan fingerprint density at radius 2 is 2.31 bits per heavy atom. The zero-order valence-corrected chi connectivity index (χ0v) is 10.1. The minimum Gasteiger partial charge on any atom is -0.386 e.